The van der Waals surface area contributed by atoms with Crippen LogP contribution in [0.3, 0.4) is 0 Å². The number of nitriles is 1. The highest BCUT2D eigenvalue weighted by molar-refractivity contribution is 6.01. The van der Waals surface area contributed by atoms with E-state index in [9.17, 15) is 24.4 Å². The molecule has 2 aromatic heterocycles. The van der Waals surface area contributed by atoms with Crippen molar-refractivity contribution >= 4 is 29.6 Å². The zero-order chi connectivity index (χ0) is 32.0. The first-order valence-electron chi connectivity index (χ1n) is 14.6. The van der Waals surface area contributed by atoms with Crippen LogP contribution in [-0.4, -0.2) is 70.2 Å². The molecule has 0 bridgehead atoms. The minimum Gasteiger partial charge on any atom is -0.469 e. The molecule has 1 aromatic carbocycles. The molecule has 0 saturated heterocycles. The molecule has 13 nitrogen and oxygen atoms in total. The summed E-state index contributed by atoms with van der Waals surface area (Å²) >= 11 is 0. The van der Waals surface area contributed by atoms with Crippen LogP contribution in [0.4, 0.5) is 4.79 Å². The van der Waals surface area contributed by atoms with Crippen molar-refractivity contribution in [1.82, 2.24) is 24.8 Å². The molecule has 1 aliphatic rings. The molecule has 0 aliphatic heterocycles. The predicted octanol–water partition coefficient (Wildman–Crippen LogP) is 4.08. The van der Waals surface area contributed by atoms with Gasteiger partial charge in [-0.05, 0) is 42.6 Å². The van der Waals surface area contributed by atoms with E-state index in [2.05, 4.69) is 27.1 Å². The monoisotopic (exact) mass is 606 g/mol. The Bertz CT molecular complexity index is 1540. The fraction of sp³-hybridized carbons (Fsp3) is 0.484. The standard InChI is InChI=1S/C31H38N6O7/c1-18-14-19(2)25(20(3)15-18)43-30(40)24-22(16-32)29(44-31(41)36(4)13-9-12-23(38)42-5)37-27(24)34-26(35-37)28(39)33-17-21-10-7-6-8-11-21/h6-8,10-11,18-20,25H,9,12-15,17H2,1-5H3,(H,33,39)(H,34,35). The topological polar surface area (TPSA) is 168 Å². The number of esters is 2. The number of nitrogens with zero attached hydrogens (tertiary/aromatic N) is 4. The number of hydrogen-bond acceptors (Lipinski definition) is 9. The van der Waals surface area contributed by atoms with E-state index >= 15 is 0 Å². The van der Waals surface area contributed by atoms with Crippen LogP contribution in [0.15, 0.2) is 30.3 Å². The molecule has 13 heteroatoms. The lowest BCUT2D eigenvalue weighted by Gasteiger charge is -2.37. The number of hydrogen-bond donors (Lipinski definition) is 2. The van der Waals surface area contributed by atoms with Gasteiger partial charge in [-0.15, -0.1) is 0 Å². The molecule has 2 N–H and O–H groups in total. The first-order valence-corrected chi connectivity index (χ1v) is 14.6. The van der Waals surface area contributed by atoms with Crippen LogP contribution in [0.25, 0.3) is 5.65 Å². The molecular weight excluding hydrogens is 568 g/mol. The van der Waals surface area contributed by atoms with E-state index < -0.39 is 23.9 Å². The maximum absolute atomic E-state index is 13.7. The highest BCUT2D eigenvalue weighted by Gasteiger charge is 2.37. The van der Waals surface area contributed by atoms with Crippen molar-refractivity contribution in [2.24, 2.45) is 17.8 Å². The summed E-state index contributed by atoms with van der Waals surface area (Å²) in [6.45, 7) is 6.60. The van der Waals surface area contributed by atoms with Gasteiger partial charge in [-0.3, -0.25) is 14.7 Å². The van der Waals surface area contributed by atoms with Crippen LogP contribution in [0.2, 0.25) is 0 Å². The molecule has 2 atom stereocenters. The van der Waals surface area contributed by atoms with Gasteiger partial charge < -0.3 is 24.4 Å². The van der Waals surface area contributed by atoms with E-state index in [1.54, 1.807) is 0 Å². The van der Waals surface area contributed by atoms with Crippen molar-refractivity contribution in [3.63, 3.8) is 0 Å². The minimum atomic E-state index is -0.848. The number of nitrogens with one attached hydrogen (secondary N) is 2. The molecule has 234 valence electrons. The molecule has 1 saturated carbocycles. The number of aromatic nitrogens is 3. The highest BCUT2D eigenvalue weighted by Crippen LogP contribution is 2.37. The zero-order valence-corrected chi connectivity index (χ0v) is 25.6. The molecule has 44 heavy (non-hydrogen) atoms. The first kappa shape index (κ1) is 32.1. The lowest BCUT2D eigenvalue weighted by Crippen LogP contribution is -2.37. The van der Waals surface area contributed by atoms with Gasteiger partial charge in [0.05, 0.1) is 7.11 Å². The largest absolute Gasteiger partial charge is 0.469 e. The number of carbonyl (C=O) groups excluding carboxylic acids is 4. The van der Waals surface area contributed by atoms with E-state index in [0.29, 0.717) is 12.3 Å². The summed E-state index contributed by atoms with van der Waals surface area (Å²) in [5, 5.41) is 15.7. The van der Waals surface area contributed by atoms with Gasteiger partial charge in [-0.2, -0.15) is 5.26 Å². The smallest absolute Gasteiger partial charge is 0.416 e. The maximum Gasteiger partial charge on any atom is 0.416 e. The third-order valence-electron chi connectivity index (χ3n) is 7.88. The van der Waals surface area contributed by atoms with E-state index in [-0.39, 0.29) is 65.9 Å². The molecule has 1 fully saturated rings. The van der Waals surface area contributed by atoms with Gasteiger partial charge in [-0.1, -0.05) is 51.1 Å². The van der Waals surface area contributed by atoms with Gasteiger partial charge >= 0.3 is 18.0 Å². The summed E-state index contributed by atoms with van der Waals surface area (Å²) in [7, 11) is 2.74. The lowest BCUT2D eigenvalue weighted by molar-refractivity contribution is -0.140. The van der Waals surface area contributed by atoms with Crippen molar-refractivity contribution in [2.75, 3.05) is 20.7 Å². The number of H-pyrrole nitrogens is 1. The van der Waals surface area contributed by atoms with Crippen LogP contribution in [-0.2, 0) is 20.8 Å². The second-order valence-corrected chi connectivity index (χ2v) is 11.4. The minimum absolute atomic E-state index is 0.0861. The normalized spacial score (nSPS) is 19.5. The summed E-state index contributed by atoms with van der Waals surface area (Å²) < 4.78 is 17.3. The number of amides is 2. The van der Waals surface area contributed by atoms with Gasteiger partial charge in [0.25, 0.3) is 5.91 Å². The molecule has 2 amide bonds. The maximum atomic E-state index is 13.7. The summed E-state index contributed by atoms with van der Waals surface area (Å²) in [6, 6.07) is 11.2. The molecule has 2 heterocycles. The van der Waals surface area contributed by atoms with Gasteiger partial charge in [0.15, 0.2) is 5.65 Å². The first-order chi connectivity index (χ1) is 21.0. The van der Waals surface area contributed by atoms with Crippen LogP contribution in [0, 0.1) is 29.1 Å². The molecule has 1 aliphatic carbocycles. The van der Waals surface area contributed by atoms with Gasteiger partial charge in [0.2, 0.25) is 11.7 Å². The number of aromatic amines is 1. The number of fused-ring (bicyclic) bond motifs is 1. The van der Waals surface area contributed by atoms with Gasteiger partial charge in [0.1, 0.15) is 23.3 Å². The van der Waals surface area contributed by atoms with Crippen LogP contribution in [0.1, 0.15) is 78.6 Å². The van der Waals surface area contributed by atoms with Gasteiger partial charge in [-0.25, -0.2) is 19.1 Å². The van der Waals surface area contributed by atoms with Crippen LogP contribution in [0.5, 0.6) is 5.88 Å². The SMILES string of the molecule is COC(=O)CCCN(C)C(=O)Oc1c(C#N)c(C(=O)OC2C(C)CC(C)CC2C)c2nc(C(=O)NCc3ccccc3)[nH]n12. The fourth-order valence-electron chi connectivity index (χ4n) is 5.77. The second-order valence-electron chi connectivity index (χ2n) is 11.4. The second kappa shape index (κ2) is 14.1. The number of carbonyl (C=O) groups is 4. The third-order valence-corrected chi connectivity index (χ3v) is 7.88. The Hall–Kier alpha value is -4.86. The molecule has 4 rings (SSSR count). The molecular formula is C31H38N6O7. The van der Waals surface area contributed by atoms with E-state index in [4.69, 9.17) is 9.47 Å². The van der Waals surface area contributed by atoms with Crippen molar-refractivity contribution in [2.45, 2.75) is 59.1 Å². The Morgan fingerprint density at radius 2 is 1.82 bits per heavy atom. The summed E-state index contributed by atoms with van der Waals surface area (Å²) in [6.07, 6.45) is 0.951. The van der Waals surface area contributed by atoms with E-state index in [1.807, 2.05) is 50.2 Å². The zero-order valence-electron chi connectivity index (χ0n) is 25.6. The van der Waals surface area contributed by atoms with Crippen molar-refractivity contribution in [1.29, 1.82) is 5.26 Å². The third kappa shape index (κ3) is 7.19. The Kier molecular flexibility index (Phi) is 10.3. The average molecular weight is 607 g/mol. The van der Waals surface area contributed by atoms with Crippen molar-refractivity contribution < 1.29 is 33.4 Å². The highest BCUT2D eigenvalue weighted by atomic mass is 16.6. The summed E-state index contributed by atoms with van der Waals surface area (Å²) in [5.41, 5.74) is 0.313. The Morgan fingerprint density at radius 3 is 2.45 bits per heavy atom. The summed E-state index contributed by atoms with van der Waals surface area (Å²) in [5.74, 6) is -1.58. The van der Waals surface area contributed by atoms with E-state index in [1.165, 1.54) is 19.1 Å². The number of benzene rings is 1. The average Bonchev–Trinajstić information content (AvgIpc) is 3.55. The van der Waals surface area contributed by atoms with Crippen LogP contribution >= 0.6 is 0 Å². The molecule has 2 unspecified atom stereocenters. The quantitative estimate of drug-likeness (QED) is 0.323. The Labute approximate surface area is 255 Å². The van der Waals surface area contributed by atoms with Gasteiger partial charge in [0, 0.05) is 26.6 Å². The fourth-order valence-corrected chi connectivity index (χ4v) is 5.77. The Balaban J connectivity index is 1.65. The number of ether oxygens (including phenoxy) is 3. The Morgan fingerprint density at radius 1 is 1.14 bits per heavy atom. The van der Waals surface area contributed by atoms with Crippen LogP contribution < -0.4 is 10.1 Å². The molecule has 0 spiro atoms. The summed E-state index contributed by atoms with van der Waals surface area (Å²) in [4.78, 5) is 56.8. The van der Waals surface area contributed by atoms with Crippen molar-refractivity contribution in [3.8, 4) is 11.9 Å². The number of methoxy groups -OCH3 is 1. The van der Waals surface area contributed by atoms with Crippen molar-refractivity contribution in [3.05, 3.63) is 52.8 Å². The molecule has 0 radical (unpaired) electrons. The van der Waals surface area contributed by atoms with E-state index in [0.717, 1.165) is 22.9 Å². The number of rotatable bonds is 10. The molecule has 3 aromatic rings. The lowest BCUT2D eigenvalue weighted by atomic mass is 9.75. The predicted molar refractivity (Wildman–Crippen MR) is 158 cm³/mol.